The molecular weight excluding hydrogens is 400 g/mol. The number of rotatable bonds is 6. The van der Waals surface area contributed by atoms with Crippen molar-refractivity contribution in [1.82, 2.24) is 4.98 Å². The number of hydrogen-bond acceptors (Lipinski definition) is 4. The van der Waals surface area contributed by atoms with Crippen LogP contribution in [-0.2, 0) is 22.4 Å². The Hall–Kier alpha value is -3.80. The van der Waals surface area contributed by atoms with Crippen molar-refractivity contribution >= 4 is 34.7 Å². The van der Waals surface area contributed by atoms with Crippen molar-refractivity contribution in [2.75, 3.05) is 16.8 Å². The lowest BCUT2D eigenvalue weighted by Gasteiger charge is -2.20. The third kappa shape index (κ3) is 4.75. The molecule has 0 radical (unpaired) electrons. The number of nitrogens with zero attached hydrogens (tertiary/aromatic N) is 3. The predicted octanol–water partition coefficient (Wildman–Crippen LogP) is 4.70. The smallest absolute Gasteiger partial charge is 0.244 e. The topological polar surface area (TPSA) is 74.7 Å². The molecule has 0 bridgehead atoms. The average molecular weight is 427 g/mol. The molecule has 32 heavy (non-hydrogen) atoms. The number of nitrogens with one attached hydrogen (secondary N) is 1. The Labute approximate surface area is 188 Å². The van der Waals surface area contributed by atoms with Crippen molar-refractivity contribution in [3.63, 3.8) is 0 Å². The Morgan fingerprint density at radius 3 is 2.28 bits per heavy atom. The fourth-order valence-corrected chi connectivity index (χ4v) is 3.66. The van der Waals surface area contributed by atoms with Gasteiger partial charge in [0.25, 0.3) is 0 Å². The summed E-state index contributed by atoms with van der Waals surface area (Å²) in [5, 5.41) is 2.87. The molecule has 2 aromatic carbocycles. The molecule has 1 aliphatic heterocycles. The normalized spacial score (nSPS) is 13.2. The molecule has 0 atom stereocenters. The van der Waals surface area contributed by atoms with Gasteiger partial charge < -0.3 is 5.32 Å². The summed E-state index contributed by atoms with van der Waals surface area (Å²) < 4.78 is 0. The highest BCUT2D eigenvalue weighted by molar-refractivity contribution is 6.18. The summed E-state index contributed by atoms with van der Waals surface area (Å²) in [7, 11) is 0. The van der Waals surface area contributed by atoms with Crippen LogP contribution < -0.4 is 10.2 Å². The summed E-state index contributed by atoms with van der Waals surface area (Å²) in [5.41, 5.74) is 5.26. The van der Waals surface area contributed by atoms with Crippen LogP contribution in [0.1, 0.15) is 37.0 Å². The number of aryl methyl sites for hydroxylation is 2. The number of pyridine rings is 1. The SMILES string of the molecule is CCc1ccc(NC(=O)CN2C(=O)CC(c3ccc(CC)cc3)=Nc3cccnc32)cc1. The molecule has 2 heterocycles. The second-order valence-corrected chi connectivity index (χ2v) is 7.71. The molecule has 3 aromatic rings. The van der Waals surface area contributed by atoms with Gasteiger partial charge in [-0.25, -0.2) is 9.98 Å². The quantitative estimate of drug-likeness (QED) is 0.621. The van der Waals surface area contributed by atoms with Crippen LogP contribution in [0.25, 0.3) is 0 Å². The summed E-state index contributed by atoms with van der Waals surface area (Å²) in [6.45, 7) is 4.05. The molecule has 1 N–H and O–H groups in total. The molecule has 2 amide bonds. The molecule has 0 fully saturated rings. The Morgan fingerprint density at radius 2 is 1.62 bits per heavy atom. The minimum Gasteiger partial charge on any atom is -0.325 e. The first-order valence-corrected chi connectivity index (χ1v) is 10.9. The van der Waals surface area contributed by atoms with Crippen molar-refractivity contribution in [1.29, 1.82) is 0 Å². The maximum atomic E-state index is 13.2. The van der Waals surface area contributed by atoms with E-state index in [0.29, 0.717) is 22.9 Å². The molecule has 0 spiro atoms. The van der Waals surface area contributed by atoms with Gasteiger partial charge in [0.2, 0.25) is 11.8 Å². The van der Waals surface area contributed by atoms with Crippen LogP contribution in [0.15, 0.2) is 71.9 Å². The highest BCUT2D eigenvalue weighted by Crippen LogP contribution is 2.30. The minimum atomic E-state index is -0.282. The van der Waals surface area contributed by atoms with Gasteiger partial charge >= 0.3 is 0 Å². The van der Waals surface area contributed by atoms with Crippen LogP contribution in [0.5, 0.6) is 0 Å². The van der Waals surface area contributed by atoms with Crippen LogP contribution in [0.4, 0.5) is 17.2 Å². The molecule has 0 saturated carbocycles. The fraction of sp³-hybridized carbons (Fsp3) is 0.231. The van der Waals surface area contributed by atoms with Crippen molar-refractivity contribution in [2.24, 2.45) is 4.99 Å². The van der Waals surface area contributed by atoms with Gasteiger partial charge in [0.05, 0.1) is 12.1 Å². The van der Waals surface area contributed by atoms with Gasteiger partial charge in [-0.2, -0.15) is 0 Å². The molecular formula is C26H26N4O2. The summed E-state index contributed by atoms with van der Waals surface area (Å²) in [5.74, 6) is -0.0960. The second kappa shape index (κ2) is 9.56. The zero-order chi connectivity index (χ0) is 22.5. The number of benzene rings is 2. The number of fused-ring (bicyclic) bond motifs is 1. The number of aromatic nitrogens is 1. The third-order valence-electron chi connectivity index (χ3n) is 5.54. The molecule has 1 aromatic heterocycles. The first-order valence-electron chi connectivity index (χ1n) is 10.9. The van der Waals surface area contributed by atoms with Gasteiger partial charge in [0.15, 0.2) is 5.82 Å². The number of carbonyl (C=O) groups excluding carboxylic acids is 2. The lowest BCUT2D eigenvalue weighted by Crippen LogP contribution is -2.39. The zero-order valence-corrected chi connectivity index (χ0v) is 18.3. The highest BCUT2D eigenvalue weighted by atomic mass is 16.2. The minimum absolute atomic E-state index is 0.0975. The molecule has 4 rings (SSSR count). The molecule has 1 aliphatic rings. The van der Waals surface area contributed by atoms with Gasteiger partial charge in [-0.15, -0.1) is 0 Å². The lowest BCUT2D eigenvalue weighted by molar-refractivity contribution is -0.120. The van der Waals surface area contributed by atoms with E-state index in [4.69, 9.17) is 4.99 Å². The van der Waals surface area contributed by atoms with E-state index in [0.717, 1.165) is 18.4 Å². The van der Waals surface area contributed by atoms with Crippen molar-refractivity contribution in [3.05, 3.63) is 83.6 Å². The Bertz CT molecular complexity index is 1150. The van der Waals surface area contributed by atoms with Crippen molar-refractivity contribution < 1.29 is 9.59 Å². The molecule has 6 nitrogen and oxygen atoms in total. The highest BCUT2D eigenvalue weighted by Gasteiger charge is 2.27. The molecule has 162 valence electrons. The second-order valence-electron chi connectivity index (χ2n) is 7.71. The fourth-order valence-electron chi connectivity index (χ4n) is 3.66. The maximum absolute atomic E-state index is 13.2. The first kappa shape index (κ1) is 21.4. The number of amides is 2. The van der Waals surface area contributed by atoms with Gasteiger partial charge in [0.1, 0.15) is 12.2 Å². The van der Waals surface area contributed by atoms with Gasteiger partial charge in [-0.3, -0.25) is 14.5 Å². The summed E-state index contributed by atoms with van der Waals surface area (Å²) in [6, 6.07) is 19.4. The van der Waals surface area contributed by atoms with Crippen LogP contribution >= 0.6 is 0 Å². The molecule has 6 heteroatoms. The number of hydrogen-bond donors (Lipinski definition) is 1. The van der Waals surface area contributed by atoms with Crippen LogP contribution in [-0.4, -0.2) is 29.1 Å². The van der Waals surface area contributed by atoms with Crippen molar-refractivity contribution in [3.8, 4) is 0 Å². The third-order valence-corrected chi connectivity index (χ3v) is 5.54. The zero-order valence-electron chi connectivity index (χ0n) is 18.3. The van der Waals surface area contributed by atoms with E-state index in [2.05, 4.69) is 24.1 Å². The van der Waals surface area contributed by atoms with Gasteiger partial charge in [-0.05, 0) is 53.8 Å². The van der Waals surface area contributed by atoms with Gasteiger partial charge in [0, 0.05) is 11.9 Å². The maximum Gasteiger partial charge on any atom is 0.244 e. The predicted molar refractivity (Wildman–Crippen MR) is 128 cm³/mol. The summed E-state index contributed by atoms with van der Waals surface area (Å²) in [6.07, 6.45) is 3.59. The standard InChI is InChI=1S/C26H26N4O2/c1-3-18-7-11-20(12-8-18)23-16-25(32)30(26-22(29-23)6-5-15-27-26)17-24(31)28-21-13-9-19(4-2)10-14-21/h5-15H,3-4,16-17H2,1-2H3,(H,28,31). The van der Waals surface area contributed by atoms with E-state index < -0.39 is 0 Å². The summed E-state index contributed by atoms with van der Waals surface area (Å²) >= 11 is 0. The van der Waals surface area contributed by atoms with E-state index >= 15 is 0 Å². The van der Waals surface area contributed by atoms with Crippen LogP contribution in [0, 0.1) is 0 Å². The Morgan fingerprint density at radius 1 is 0.969 bits per heavy atom. The lowest BCUT2D eigenvalue weighted by atomic mass is 10.0. The van der Waals surface area contributed by atoms with E-state index in [1.807, 2.05) is 54.6 Å². The van der Waals surface area contributed by atoms with E-state index in [1.165, 1.54) is 16.0 Å². The average Bonchev–Trinajstić information content (AvgIpc) is 2.96. The molecule has 0 aliphatic carbocycles. The largest absolute Gasteiger partial charge is 0.325 e. The van der Waals surface area contributed by atoms with Crippen LogP contribution in [0.2, 0.25) is 0 Å². The monoisotopic (exact) mass is 426 g/mol. The Kier molecular flexibility index (Phi) is 6.40. The van der Waals surface area contributed by atoms with E-state index in [9.17, 15) is 9.59 Å². The Balaban J connectivity index is 1.56. The summed E-state index contributed by atoms with van der Waals surface area (Å²) in [4.78, 5) is 36.5. The van der Waals surface area contributed by atoms with E-state index in [1.54, 1.807) is 12.3 Å². The number of aliphatic imine (C=N–C) groups is 1. The van der Waals surface area contributed by atoms with Gasteiger partial charge in [-0.1, -0.05) is 50.2 Å². The first-order chi connectivity index (χ1) is 15.6. The van der Waals surface area contributed by atoms with Crippen molar-refractivity contribution in [2.45, 2.75) is 33.1 Å². The molecule has 0 unspecified atom stereocenters. The van der Waals surface area contributed by atoms with Crippen LogP contribution in [0.3, 0.4) is 0 Å². The number of carbonyl (C=O) groups is 2. The number of anilines is 2. The molecule has 0 saturated heterocycles. The van der Waals surface area contributed by atoms with E-state index in [-0.39, 0.29) is 24.8 Å².